The molecule has 0 aliphatic rings. The highest BCUT2D eigenvalue weighted by atomic mass is 16.5. The number of rotatable bonds is 13. The number of likely N-dealkylation sites (N-methyl/N-ethyl adjacent to an activating group) is 2. The molecule has 0 atom stereocenters. The van der Waals surface area contributed by atoms with Gasteiger partial charge in [0.15, 0.2) is 0 Å². The van der Waals surface area contributed by atoms with Gasteiger partial charge in [-0.05, 0) is 56.6 Å². The number of para-hydroxylation sites is 1. The minimum Gasteiger partial charge on any atom is -0.497 e. The van der Waals surface area contributed by atoms with E-state index in [0.29, 0.717) is 46.0 Å². The number of nitrogens with zero attached hydrogens (tertiary/aromatic N) is 4. The van der Waals surface area contributed by atoms with Gasteiger partial charge in [-0.3, -0.25) is 4.79 Å². The highest BCUT2D eigenvalue weighted by Crippen LogP contribution is 2.38. The van der Waals surface area contributed by atoms with E-state index < -0.39 is 0 Å². The zero-order chi connectivity index (χ0) is 30.1. The second kappa shape index (κ2) is 14.0. The molecule has 3 aromatic carbocycles. The Morgan fingerprint density at radius 2 is 1.69 bits per heavy atom. The quantitative estimate of drug-likeness (QED) is 0.193. The summed E-state index contributed by atoms with van der Waals surface area (Å²) in [6.45, 7) is 5.16. The maximum absolute atomic E-state index is 12.3. The summed E-state index contributed by atoms with van der Waals surface area (Å²) < 4.78 is 17.2. The molecule has 1 heterocycles. The van der Waals surface area contributed by atoms with Crippen LogP contribution in [-0.2, 0) is 4.79 Å². The smallest absolute Gasteiger partial charge is 0.247 e. The first-order valence-corrected chi connectivity index (χ1v) is 13.3. The average molecular weight is 569 g/mol. The number of anilines is 4. The first-order chi connectivity index (χ1) is 20.3. The van der Waals surface area contributed by atoms with E-state index >= 15 is 0 Å². The van der Waals surface area contributed by atoms with Crippen molar-refractivity contribution in [2.24, 2.45) is 0 Å². The summed E-state index contributed by atoms with van der Waals surface area (Å²) in [4.78, 5) is 25.6. The van der Waals surface area contributed by atoms with Gasteiger partial charge >= 0.3 is 0 Å². The molecule has 0 aliphatic heterocycles. The second-order valence-electron chi connectivity index (χ2n) is 9.66. The number of methoxy groups -OCH3 is 2. The van der Waals surface area contributed by atoms with Gasteiger partial charge in [-0.2, -0.15) is 0 Å². The Balaban J connectivity index is 1.66. The lowest BCUT2D eigenvalue weighted by Crippen LogP contribution is -2.29. The molecule has 0 fully saturated rings. The van der Waals surface area contributed by atoms with Crippen molar-refractivity contribution < 1.29 is 19.0 Å². The van der Waals surface area contributed by atoms with E-state index in [1.165, 1.54) is 6.08 Å². The molecule has 2 N–H and O–H groups in total. The Kier molecular flexibility index (Phi) is 9.96. The summed E-state index contributed by atoms with van der Waals surface area (Å²) in [6.07, 6.45) is 2.90. The zero-order valence-electron chi connectivity index (χ0n) is 24.5. The minimum atomic E-state index is -0.320. The summed E-state index contributed by atoms with van der Waals surface area (Å²) in [5.74, 6) is 2.56. The molecule has 0 unspecified atom stereocenters. The predicted octanol–water partition coefficient (Wildman–Crippen LogP) is 5.82. The molecule has 4 aromatic rings. The largest absolute Gasteiger partial charge is 0.497 e. The van der Waals surface area contributed by atoms with Gasteiger partial charge in [0.2, 0.25) is 11.9 Å². The van der Waals surface area contributed by atoms with Crippen LogP contribution in [0.1, 0.15) is 0 Å². The molecule has 0 saturated heterocycles. The molecule has 1 aromatic heterocycles. The molecule has 10 nitrogen and oxygen atoms in total. The molecule has 0 saturated carbocycles. The number of nitrogens with one attached hydrogen (secondary N) is 2. The van der Waals surface area contributed by atoms with E-state index in [1.54, 1.807) is 26.5 Å². The number of benzene rings is 3. The fourth-order valence-electron chi connectivity index (χ4n) is 4.15. The standard InChI is InChI=1S/C32H36N6O4/c1-7-31(39)34-26-20-27(30(41-6)21-28(26)38(4)18-17-37(2)3)36-32-33-16-15-25(35-32)24-13-8-9-14-29(24)42-23-12-10-11-22(19-23)40-5/h7-16,19-21H,1,17-18H2,2-6H3,(H,34,39)(H,33,35,36). The van der Waals surface area contributed by atoms with Gasteiger partial charge in [-0.15, -0.1) is 0 Å². The summed E-state index contributed by atoms with van der Waals surface area (Å²) in [5.41, 5.74) is 3.42. The van der Waals surface area contributed by atoms with Crippen LogP contribution in [0.15, 0.2) is 85.6 Å². The second-order valence-corrected chi connectivity index (χ2v) is 9.66. The molecular weight excluding hydrogens is 532 g/mol. The third-order valence-corrected chi connectivity index (χ3v) is 6.39. The SMILES string of the molecule is C=CC(=O)Nc1cc(Nc2nccc(-c3ccccc3Oc3cccc(OC)c3)n2)c(OC)cc1N(C)CCN(C)C. The zero-order valence-corrected chi connectivity index (χ0v) is 24.5. The van der Waals surface area contributed by atoms with Crippen molar-refractivity contribution in [2.45, 2.75) is 0 Å². The molecule has 0 bridgehead atoms. The monoisotopic (exact) mass is 568 g/mol. The Bertz CT molecular complexity index is 1540. The number of hydrogen-bond acceptors (Lipinski definition) is 9. The number of carbonyl (C=O) groups is 1. The Morgan fingerprint density at radius 3 is 2.43 bits per heavy atom. The molecule has 0 spiro atoms. The van der Waals surface area contributed by atoms with E-state index in [4.69, 9.17) is 19.2 Å². The number of amides is 1. The van der Waals surface area contributed by atoms with Crippen molar-refractivity contribution in [3.8, 4) is 34.3 Å². The van der Waals surface area contributed by atoms with Gasteiger partial charge in [0.25, 0.3) is 0 Å². The Hall–Kier alpha value is -5.09. The van der Waals surface area contributed by atoms with Crippen molar-refractivity contribution in [2.75, 3.05) is 64.0 Å². The molecule has 0 aliphatic carbocycles. The highest BCUT2D eigenvalue weighted by molar-refractivity contribution is 6.02. The lowest BCUT2D eigenvalue weighted by atomic mass is 10.1. The van der Waals surface area contributed by atoms with Crippen LogP contribution in [0.2, 0.25) is 0 Å². The van der Waals surface area contributed by atoms with Gasteiger partial charge in [0.05, 0.1) is 37.0 Å². The van der Waals surface area contributed by atoms with Crippen molar-refractivity contribution in [1.82, 2.24) is 14.9 Å². The van der Waals surface area contributed by atoms with E-state index in [1.807, 2.05) is 81.8 Å². The maximum Gasteiger partial charge on any atom is 0.247 e. The third kappa shape index (κ3) is 7.55. The molecule has 1 amide bonds. The topological polar surface area (TPSA) is 101 Å². The molecule has 218 valence electrons. The third-order valence-electron chi connectivity index (χ3n) is 6.39. The van der Waals surface area contributed by atoms with E-state index in [-0.39, 0.29) is 5.91 Å². The molecule has 10 heteroatoms. The highest BCUT2D eigenvalue weighted by Gasteiger charge is 2.17. The predicted molar refractivity (Wildman–Crippen MR) is 167 cm³/mol. The summed E-state index contributed by atoms with van der Waals surface area (Å²) in [5, 5.41) is 6.17. The van der Waals surface area contributed by atoms with Crippen molar-refractivity contribution >= 4 is 28.9 Å². The van der Waals surface area contributed by atoms with Crippen molar-refractivity contribution in [3.05, 3.63) is 85.6 Å². The first kappa shape index (κ1) is 29.9. The minimum absolute atomic E-state index is 0.320. The average Bonchev–Trinajstić information content (AvgIpc) is 3.00. The summed E-state index contributed by atoms with van der Waals surface area (Å²) in [7, 11) is 9.20. The summed E-state index contributed by atoms with van der Waals surface area (Å²) in [6, 6.07) is 20.5. The maximum atomic E-state index is 12.3. The number of ether oxygens (including phenoxy) is 3. The molecule has 42 heavy (non-hydrogen) atoms. The van der Waals surface area contributed by atoms with Crippen molar-refractivity contribution in [3.63, 3.8) is 0 Å². The van der Waals surface area contributed by atoms with Crippen LogP contribution in [0.3, 0.4) is 0 Å². The van der Waals surface area contributed by atoms with E-state index in [9.17, 15) is 4.79 Å². The lowest BCUT2D eigenvalue weighted by Gasteiger charge is -2.26. The number of hydrogen-bond donors (Lipinski definition) is 2. The number of aromatic nitrogens is 2. The van der Waals surface area contributed by atoms with E-state index in [0.717, 1.165) is 24.3 Å². The van der Waals surface area contributed by atoms with Crippen LogP contribution < -0.4 is 29.7 Å². The van der Waals surface area contributed by atoms with Gasteiger partial charge in [-0.1, -0.05) is 24.8 Å². The normalized spacial score (nSPS) is 10.6. The van der Waals surface area contributed by atoms with Gasteiger partial charge in [-0.25, -0.2) is 9.97 Å². The summed E-state index contributed by atoms with van der Waals surface area (Å²) >= 11 is 0. The van der Waals surface area contributed by atoms with E-state index in [2.05, 4.69) is 32.0 Å². The fourth-order valence-corrected chi connectivity index (χ4v) is 4.15. The van der Waals surface area contributed by atoms with Crippen LogP contribution in [0.5, 0.6) is 23.0 Å². The molecule has 0 radical (unpaired) electrons. The van der Waals surface area contributed by atoms with Crippen LogP contribution in [0.25, 0.3) is 11.3 Å². The Morgan fingerprint density at radius 1 is 0.905 bits per heavy atom. The van der Waals surface area contributed by atoms with Crippen LogP contribution in [0.4, 0.5) is 23.0 Å². The fraction of sp³-hybridized carbons (Fsp3) is 0.219. The Labute approximate surface area is 246 Å². The van der Waals surface area contributed by atoms with Crippen LogP contribution in [-0.4, -0.2) is 69.2 Å². The number of carbonyl (C=O) groups excluding carboxylic acids is 1. The van der Waals surface area contributed by atoms with Gasteiger partial charge < -0.3 is 34.6 Å². The molecular formula is C32H36N6O4. The van der Waals surface area contributed by atoms with Gasteiger partial charge in [0, 0.05) is 44.0 Å². The van der Waals surface area contributed by atoms with Crippen LogP contribution >= 0.6 is 0 Å². The van der Waals surface area contributed by atoms with Crippen molar-refractivity contribution in [1.29, 1.82) is 0 Å². The van der Waals surface area contributed by atoms with Crippen LogP contribution in [0, 0.1) is 0 Å². The first-order valence-electron chi connectivity index (χ1n) is 13.3. The lowest BCUT2D eigenvalue weighted by molar-refractivity contribution is -0.111. The molecule has 4 rings (SSSR count). The van der Waals surface area contributed by atoms with Gasteiger partial charge in [0.1, 0.15) is 23.0 Å².